The van der Waals surface area contributed by atoms with Gasteiger partial charge in [-0.15, -0.1) is 0 Å². The van der Waals surface area contributed by atoms with Crippen LogP contribution in [0.5, 0.6) is 0 Å². The lowest BCUT2D eigenvalue weighted by atomic mass is 9.44. The lowest BCUT2D eigenvalue weighted by Crippen LogP contribution is -2.69. The van der Waals surface area contributed by atoms with Gasteiger partial charge in [-0.25, -0.2) is 0 Å². The van der Waals surface area contributed by atoms with Crippen LogP contribution >= 0.6 is 0 Å². The summed E-state index contributed by atoms with van der Waals surface area (Å²) in [4.78, 5) is 49.5. The van der Waals surface area contributed by atoms with Crippen molar-refractivity contribution >= 4 is 23.9 Å². The molecule has 3 rings (SSSR count). The van der Waals surface area contributed by atoms with Crippen LogP contribution in [0.4, 0.5) is 0 Å². The molecule has 1 aliphatic heterocycles. The number of carbonyl (C=O) groups is 4. The summed E-state index contributed by atoms with van der Waals surface area (Å²) < 4.78 is 35.2. The van der Waals surface area contributed by atoms with Gasteiger partial charge in [-0.05, 0) is 37.2 Å². The van der Waals surface area contributed by atoms with E-state index in [2.05, 4.69) is 13.5 Å². The third-order valence-corrected chi connectivity index (χ3v) is 8.53. The minimum absolute atomic E-state index is 0.335. The third kappa shape index (κ3) is 5.54. The molecule has 0 N–H and O–H groups in total. The van der Waals surface area contributed by atoms with Crippen molar-refractivity contribution in [3.63, 3.8) is 0 Å². The molecule has 10 nitrogen and oxygen atoms in total. The summed E-state index contributed by atoms with van der Waals surface area (Å²) in [6.07, 6.45) is 1.52. The van der Waals surface area contributed by atoms with Crippen molar-refractivity contribution in [3.05, 3.63) is 36.0 Å². The van der Waals surface area contributed by atoms with Gasteiger partial charge in [0, 0.05) is 46.3 Å². The maximum atomic E-state index is 12.6. The minimum atomic E-state index is -1.36. The van der Waals surface area contributed by atoms with Crippen LogP contribution in [0.3, 0.4) is 0 Å². The molecular weight excluding hydrogens is 508 g/mol. The second-order valence-electron chi connectivity index (χ2n) is 10.9. The average molecular weight is 549 g/mol. The molecule has 10 heteroatoms. The van der Waals surface area contributed by atoms with Crippen molar-refractivity contribution in [3.8, 4) is 0 Å². The Bertz CT molecular complexity index is 1080. The first-order valence-electron chi connectivity index (χ1n) is 13.1. The maximum absolute atomic E-state index is 12.6. The largest absolute Gasteiger partial charge is 0.458 e. The summed E-state index contributed by atoms with van der Waals surface area (Å²) in [6, 6.07) is 0. The Morgan fingerprint density at radius 1 is 1.00 bits per heavy atom. The Kier molecular flexibility index (Phi) is 9.12. The average Bonchev–Trinajstić information content (AvgIpc) is 3.14. The quantitative estimate of drug-likeness (QED) is 0.192. The lowest BCUT2D eigenvalue weighted by Gasteiger charge is -2.62. The van der Waals surface area contributed by atoms with Crippen LogP contribution in [0, 0.1) is 22.7 Å². The highest BCUT2D eigenvalue weighted by molar-refractivity contribution is 5.69. The Hall–Kier alpha value is -2.98. The Morgan fingerprint density at radius 3 is 2.10 bits per heavy atom. The number of ether oxygens (including phenoxy) is 6. The van der Waals surface area contributed by atoms with Crippen molar-refractivity contribution in [2.24, 2.45) is 22.7 Å². The van der Waals surface area contributed by atoms with Gasteiger partial charge in [0.15, 0.2) is 6.10 Å². The molecule has 1 heterocycles. The summed E-state index contributed by atoms with van der Waals surface area (Å²) in [5.41, 5.74) is -0.595. The van der Waals surface area contributed by atoms with E-state index in [1.165, 1.54) is 27.7 Å². The summed E-state index contributed by atoms with van der Waals surface area (Å²) in [5.74, 6) is -3.17. The van der Waals surface area contributed by atoms with Gasteiger partial charge in [-0.3, -0.25) is 23.9 Å². The molecule has 0 amide bonds. The molecule has 0 bridgehead atoms. The molecule has 216 valence electrons. The fraction of sp³-hybridized carbons (Fsp3) is 0.655. The predicted octanol–water partition coefficient (Wildman–Crippen LogP) is 3.78. The fourth-order valence-electron chi connectivity index (χ4n) is 6.63. The summed E-state index contributed by atoms with van der Waals surface area (Å²) in [5, 5.41) is 0. The second-order valence-corrected chi connectivity index (χ2v) is 10.9. The molecule has 1 spiro atoms. The Labute approximate surface area is 229 Å². The Balaban J connectivity index is 2.41. The van der Waals surface area contributed by atoms with E-state index in [1.54, 1.807) is 19.3 Å². The monoisotopic (exact) mass is 548 g/mol. The molecule has 2 fully saturated rings. The highest BCUT2D eigenvalue weighted by Gasteiger charge is 2.75. The highest BCUT2D eigenvalue weighted by atomic mass is 16.8. The first-order valence-corrected chi connectivity index (χ1v) is 13.1. The van der Waals surface area contributed by atoms with Crippen LogP contribution in [0.25, 0.3) is 0 Å². The van der Waals surface area contributed by atoms with Crippen molar-refractivity contribution in [2.75, 3.05) is 7.11 Å². The molecule has 0 aromatic rings. The van der Waals surface area contributed by atoms with Gasteiger partial charge < -0.3 is 23.7 Å². The van der Waals surface area contributed by atoms with Gasteiger partial charge in [0.25, 0.3) is 0 Å². The lowest BCUT2D eigenvalue weighted by molar-refractivity contribution is -0.279. The summed E-state index contributed by atoms with van der Waals surface area (Å²) >= 11 is 0. The van der Waals surface area contributed by atoms with Crippen LogP contribution in [-0.4, -0.2) is 61.9 Å². The maximum Gasteiger partial charge on any atom is 0.305 e. The highest BCUT2D eigenvalue weighted by Crippen LogP contribution is 2.68. The molecule has 0 aromatic carbocycles. The van der Waals surface area contributed by atoms with Crippen LogP contribution in [0.2, 0.25) is 0 Å². The molecule has 3 aliphatic rings. The molecule has 0 aromatic heterocycles. The van der Waals surface area contributed by atoms with E-state index in [0.717, 1.165) is 5.57 Å². The van der Waals surface area contributed by atoms with Crippen LogP contribution in [0.15, 0.2) is 36.0 Å². The number of allylic oxidation sites excluding steroid dienone is 3. The fourth-order valence-corrected chi connectivity index (χ4v) is 6.63. The zero-order valence-corrected chi connectivity index (χ0v) is 24.0. The SMILES string of the molecule is C=CC(C)=CCC1(C)C(C)C(OC(C)=O)C(OC(C)=O)C23C(=CC(OC)CC12)C(OC(C)=O)OC3OC(C)=O. The number of esters is 4. The zero-order chi connectivity index (χ0) is 29.3. The van der Waals surface area contributed by atoms with E-state index in [4.69, 9.17) is 28.4 Å². The molecule has 2 aliphatic carbocycles. The number of methoxy groups -OCH3 is 1. The minimum Gasteiger partial charge on any atom is -0.458 e. The van der Waals surface area contributed by atoms with Gasteiger partial charge in [0.1, 0.15) is 11.5 Å². The van der Waals surface area contributed by atoms with Gasteiger partial charge in [-0.2, -0.15) is 0 Å². The standard InChI is InChI=1S/C29H40O10/c1-10-15(2)11-12-28(8)16(3)24(35-17(4)30)25(36-18(5)31)29-22(13-21(34-9)14-23(28)29)26(37-19(6)32)39-27(29)38-20(7)33/h10-11,13,16,21,23-27H,1,12,14H2,2-9H3. The van der Waals surface area contributed by atoms with Crippen LogP contribution in [-0.2, 0) is 47.6 Å². The van der Waals surface area contributed by atoms with Crippen molar-refractivity contribution < 1.29 is 47.6 Å². The molecule has 1 saturated heterocycles. The van der Waals surface area contributed by atoms with Gasteiger partial charge in [-0.1, -0.05) is 38.2 Å². The van der Waals surface area contributed by atoms with Gasteiger partial charge in [0.2, 0.25) is 12.6 Å². The van der Waals surface area contributed by atoms with Gasteiger partial charge >= 0.3 is 23.9 Å². The van der Waals surface area contributed by atoms with E-state index in [0.29, 0.717) is 18.4 Å². The van der Waals surface area contributed by atoms with Crippen LogP contribution < -0.4 is 0 Å². The van der Waals surface area contributed by atoms with Crippen molar-refractivity contribution in [1.29, 1.82) is 0 Å². The number of hydrogen-bond acceptors (Lipinski definition) is 10. The molecule has 9 unspecified atom stereocenters. The molecular formula is C29H40O10. The number of rotatable bonds is 8. The summed E-state index contributed by atoms with van der Waals surface area (Å²) in [7, 11) is 1.57. The van der Waals surface area contributed by atoms with Crippen LogP contribution in [0.1, 0.15) is 61.3 Å². The van der Waals surface area contributed by atoms with Crippen molar-refractivity contribution in [1.82, 2.24) is 0 Å². The zero-order valence-electron chi connectivity index (χ0n) is 24.0. The predicted molar refractivity (Wildman–Crippen MR) is 139 cm³/mol. The first kappa shape index (κ1) is 30.6. The smallest absolute Gasteiger partial charge is 0.305 e. The van der Waals surface area contributed by atoms with E-state index < -0.39 is 71.5 Å². The normalized spacial score (nSPS) is 37.5. The summed E-state index contributed by atoms with van der Waals surface area (Å²) in [6.45, 7) is 14.8. The second kappa shape index (κ2) is 11.6. The van der Waals surface area contributed by atoms with Gasteiger partial charge in [0.05, 0.1) is 6.10 Å². The van der Waals surface area contributed by atoms with E-state index >= 15 is 0 Å². The number of carbonyl (C=O) groups excluding carboxylic acids is 4. The third-order valence-electron chi connectivity index (χ3n) is 8.53. The van der Waals surface area contributed by atoms with E-state index in [1.807, 2.05) is 19.9 Å². The van der Waals surface area contributed by atoms with Crippen molar-refractivity contribution in [2.45, 2.75) is 92.2 Å². The molecule has 9 atom stereocenters. The topological polar surface area (TPSA) is 124 Å². The molecule has 0 radical (unpaired) electrons. The molecule has 1 saturated carbocycles. The first-order chi connectivity index (χ1) is 18.2. The number of hydrogen-bond donors (Lipinski definition) is 0. The Morgan fingerprint density at radius 2 is 1.59 bits per heavy atom. The molecule has 39 heavy (non-hydrogen) atoms. The van der Waals surface area contributed by atoms with E-state index in [9.17, 15) is 19.2 Å². The van der Waals surface area contributed by atoms with E-state index in [-0.39, 0.29) is 5.92 Å².